The van der Waals surface area contributed by atoms with Gasteiger partial charge in [0, 0.05) is 0 Å². The molecular formula is C32H24O11. The first-order chi connectivity index (χ1) is 20.8. The van der Waals surface area contributed by atoms with E-state index in [1.165, 1.54) is 42.5 Å². The van der Waals surface area contributed by atoms with Crippen LogP contribution in [0.15, 0.2) is 91.0 Å². The van der Waals surface area contributed by atoms with Gasteiger partial charge in [0.1, 0.15) is 48.9 Å². The highest BCUT2D eigenvalue weighted by molar-refractivity contribution is 6.03. The fourth-order valence-electron chi connectivity index (χ4n) is 3.70. The Kier molecular flexibility index (Phi) is 10.2. The van der Waals surface area contributed by atoms with Crippen LogP contribution in [0.1, 0.15) is 36.6 Å². The van der Waals surface area contributed by atoms with Crippen molar-refractivity contribution in [1.82, 2.24) is 0 Å². The number of aromatic carboxylic acids is 2. The third kappa shape index (κ3) is 8.50. The molecule has 0 aliphatic carbocycles. The number of hydrogen-bond donors (Lipinski definition) is 2. The second-order valence-corrected chi connectivity index (χ2v) is 8.57. The number of terminal acetylenes is 1. The third-order valence-corrected chi connectivity index (χ3v) is 5.70. The van der Waals surface area contributed by atoms with Crippen molar-refractivity contribution in [3.8, 4) is 41.3 Å². The van der Waals surface area contributed by atoms with Gasteiger partial charge in [0.05, 0.1) is 16.7 Å². The summed E-state index contributed by atoms with van der Waals surface area (Å²) in [6.45, 7) is 0.308. The molecule has 43 heavy (non-hydrogen) atoms. The second kappa shape index (κ2) is 14.6. The number of para-hydroxylation sites is 1. The van der Waals surface area contributed by atoms with E-state index < -0.39 is 17.9 Å². The van der Waals surface area contributed by atoms with E-state index in [2.05, 4.69) is 0 Å². The summed E-state index contributed by atoms with van der Waals surface area (Å²) in [5.41, 5.74) is -0.221. The van der Waals surface area contributed by atoms with Crippen LogP contribution in [0.5, 0.6) is 28.7 Å². The van der Waals surface area contributed by atoms with Gasteiger partial charge in [0.2, 0.25) is 0 Å². The second-order valence-electron chi connectivity index (χ2n) is 8.57. The third-order valence-electron chi connectivity index (χ3n) is 5.70. The Morgan fingerprint density at radius 3 is 1.93 bits per heavy atom. The topological polar surface area (TPSA) is 147 Å². The van der Waals surface area contributed by atoms with Crippen LogP contribution in [-0.2, 0) is 11.5 Å². The Morgan fingerprint density at radius 1 is 0.651 bits per heavy atom. The van der Waals surface area contributed by atoms with E-state index in [1.54, 1.807) is 12.1 Å². The van der Waals surface area contributed by atoms with Gasteiger partial charge in [-0.2, -0.15) is 4.89 Å². The SMILES string of the molecule is C#COc1ccc(C(=O)Oc2ccc(OOCc3ccc(OCCOc4ccccc4)cc3C(=O)O)cc2)c(C(=O)O)c1. The fraction of sp³-hybridized carbons (Fsp3) is 0.0938. The van der Waals surface area contributed by atoms with Gasteiger partial charge < -0.3 is 34.0 Å². The lowest BCUT2D eigenvalue weighted by Gasteiger charge is -2.12. The fourth-order valence-corrected chi connectivity index (χ4v) is 3.70. The normalized spacial score (nSPS) is 10.2. The molecule has 0 amide bonds. The molecule has 0 aliphatic heterocycles. The van der Waals surface area contributed by atoms with Crippen LogP contribution in [0, 0.1) is 12.5 Å². The smallest absolute Gasteiger partial charge is 0.344 e. The first-order valence-electron chi connectivity index (χ1n) is 12.6. The highest BCUT2D eigenvalue weighted by Crippen LogP contribution is 2.24. The highest BCUT2D eigenvalue weighted by atomic mass is 17.2. The monoisotopic (exact) mass is 584 g/mol. The number of esters is 1. The van der Waals surface area contributed by atoms with Crippen molar-refractivity contribution < 1.29 is 53.3 Å². The summed E-state index contributed by atoms with van der Waals surface area (Å²) in [5.74, 6) is -1.96. The Bertz CT molecular complexity index is 1620. The van der Waals surface area contributed by atoms with E-state index in [0.29, 0.717) is 17.1 Å². The zero-order valence-corrected chi connectivity index (χ0v) is 22.4. The van der Waals surface area contributed by atoms with E-state index in [-0.39, 0.29) is 53.8 Å². The van der Waals surface area contributed by atoms with Crippen LogP contribution in [0.3, 0.4) is 0 Å². The molecule has 0 spiro atoms. The molecule has 2 N–H and O–H groups in total. The van der Waals surface area contributed by atoms with Crippen LogP contribution >= 0.6 is 0 Å². The number of carbonyl (C=O) groups excluding carboxylic acids is 1. The maximum atomic E-state index is 12.6. The first kappa shape index (κ1) is 30.0. The number of ether oxygens (including phenoxy) is 4. The Morgan fingerprint density at radius 2 is 1.26 bits per heavy atom. The lowest BCUT2D eigenvalue weighted by atomic mass is 10.1. The van der Waals surface area contributed by atoms with Crippen LogP contribution < -0.4 is 23.8 Å². The molecule has 218 valence electrons. The van der Waals surface area contributed by atoms with Gasteiger partial charge in [0.15, 0.2) is 5.75 Å². The molecule has 0 heterocycles. The molecule has 0 aromatic heterocycles. The van der Waals surface area contributed by atoms with Crippen LogP contribution in [0.4, 0.5) is 0 Å². The molecule has 0 bridgehead atoms. The predicted molar refractivity (Wildman–Crippen MR) is 151 cm³/mol. The summed E-state index contributed by atoms with van der Waals surface area (Å²) >= 11 is 0. The minimum atomic E-state index is -1.36. The molecule has 11 nitrogen and oxygen atoms in total. The van der Waals surface area contributed by atoms with Gasteiger partial charge in [-0.3, -0.25) is 0 Å². The molecule has 4 aromatic rings. The first-order valence-corrected chi connectivity index (χ1v) is 12.6. The van der Waals surface area contributed by atoms with E-state index in [0.717, 1.165) is 6.07 Å². The minimum Gasteiger partial charge on any atom is -0.490 e. The van der Waals surface area contributed by atoms with Crippen LogP contribution in [-0.4, -0.2) is 41.3 Å². The zero-order chi connectivity index (χ0) is 30.6. The average molecular weight is 585 g/mol. The number of rotatable bonds is 14. The van der Waals surface area contributed by atoms with E-state index in [1.807, 2.05) is 36.4 Å². The van der Waals surface area contributed by atoms with Crippen molar-refractivity contribution in [2.24, 2.45) is 0 Å². The minimum absolute atomic E-state index is 0.0213. The molecule has 0 fully saturated rings. The molecule has 4 rings (SSSR count). The van der Waals surface area contributed by atoms with Crippen molar-refractivity contribution in [3.63, 3.8) is 0 Å². The Hall–Kier alpha value is -5.99. The molecule has 0 aliphatic rings. The highest BCUT2D eigenvalue weighted by Gasteiger charge is 2.20. The van der Waals surface area contributed by atoms with Gasteiger partial charge >= 0.3 is 17.9 Å². The summed E-state index contributed by atoms with van der Waals surface area (Å²) in [7, 11) is 0. The molecule has 4 aromatic carbocycles. The van der Waals surface area contributed by atoms with Crippen molar-refractivity contribution in [2.75, 3.05) is 13.2 Å². The van der Waals surface area contributed by atoms with Crippen molar-refractivity contribution in [2.45, 2.75) is 6.61 Å². The Labute approximate surface area is 245 Å². The van der Waals surface area contributed by atoms with Gasteiger partial charge in [-0.1, -0.05) is 30.7 Å². The van der Waals surface area contributed by atoms with Crippen molar-refractivity contribution >= 4 is 17.9 Å². The standard InChI is InChI=1S/C32H24O11/c1-2-38-25-14-15-27(29(19-25)31(35)36)32(37)42-23-10-12-24(13-11-23)43-41-20-21-8-9-26(18-28(21)30(33)34)40-17-16-39-22-6-4-3-5-7-22/h1,3-15,18-19H,16-17,20H2,(H,33,34)(H,35,36). The largest absolute Gasteiger partial charge is 0.490 e. The lowest BCUT2D eigenvalue weighted by molar-refractivity contribution is -0.217. The van der Waals surface area contributed by atoms with Gasteiger partial charge in [-0.15, -0.1) is 0 Å². The molecule has 0 atom stereocenters. The maximum absolute atomic E-state index is 12.6. The summed E-state index contributed by atoms with van der Waals surface area (Å²) in [6, 6.07) is 23.2. The molecule has 0 radical (unpaired) electrons. The molecule has 0 saturated carbocycles. The number of carboxylic acids is 2. The molecule has 0 unspecified atom stereocenters. The maximum Gasteiger partial charge on any atom is 0.344 e. The average Bonchev–Trinajstić information content (AvgIpc) is 3.01. The van der Waals surface area contributed by atoms with Crippen molar-refractivity contribution in [3.05, 3.63) is 113 Å². The number of benzene rings is 4. The quantitative estimate of drug-likeness (QED) is 0.0501. The molecule has 11 heteroatoms. The lowest BCUT2D eigenvalue weighted by Crippen LogP contribution is -2.14. The van der Waals surface area contributed by atoms with Crippen molar-refractivity contribution in [1.29, 1.82) is 0 Å². The number of carboxylic acid groups (broad SMARTS) is 2. The summed E-state index contributed by atoms with van der Waals surface area (Å²) in [4.78, 5) is 46.4. The molecule has 0 saturated heterocycles. The summed E-state index contributed by atoms with van der Waals surface area (Å²) in [6.07, 6.45) is 6.98. The summed E-state index contributed by atoms with van der Waals surface area (Å²) in [5, 5.41) is 19.1. The van der Waals surface area contributed by atoms with Crippen LogP contribution in [0.2, 0.25) is 0 Å². The number of hydrogen-bond acceptors (Lipinski definition) is 9. The van der Waals surface area contributed by atoms with E-state index >= 15 is 0 Å². The Balaban J connectivity index is 1.29. The van der Waals surface area contributed by atoms with Gasteiger partial charge in [-0.25, -0.2) is 14.4 Å². The van der Waals surface area contributed by atoms with Crippen LogP contribution in [0.25, 0.3) is 0 Å². The zero-order valence-electron chi connectivity index (χ0n) is 22.4. The van der Waals surface area contributed by atoms with Gasteiger partial charge in [-0.05, 0) is 72.3 Å². The van der Waals surface area contributed by atoms with Gasteiger partial charge in [0.25, 0.3) is 0 Å². The van der Waals surface area contributed by atoms with E-state index in [4.69, 9.17) is 35.1 Å². The summed E-state index contributed by atoms with van der Waals surface area (Å²) < 4.78 is 21.3. The molecular weight excluding hydrogens is 560 g/mol. The predicted octanol–water partition coefficient (Wildman–Crippen LogP) is 5.24. The number of carbonyl (C=O) groups is 3. The van der Waals surface area contributed by atoms with E-state index in [9.17, 15) is 24.6 Å².